The third kappa shape index (κ3) is 2.28. The molecule has 1 saturated carbocycles. The number of rotatable bonds is 3. The Morgan fingerprint density at radius 3 is 2.80 bits per heavy atom. The van der Waals surface area contributed by atoms with Gasteiger partial charge in [-0.15, -0.1) is 0 Å². The maximum atomic E-state index is 13.2. The molecule has 0 aliphatic heterocycles. The number of halogens is 2. The number of carbonyl (C=O) groups excluding carboxylic acids is 1. The quantitative estimate of drug-likeness (QED) is 0.760. The zero-order chi connectivity index (χ0) is 10.8. The summed E-state index contributed by atoms with van der Waals surface area (Å²) in [7, 11) is 0. The summed E-state index contributed by atoms with van der Waals surface area (Å²) in [6.45, 7) is 0. The lowest BCUT2D eigenvalue weighted by Crippen LogP contribution is -2.16. The van der Waals surface area contributed by atoms with Crippen molar-refractivity contribution in [3.8, 4) is 0 Å². The van der Waals surface area contributed by atoms with E-state index in [1.54, 1.807) is 12.1 Å². The summed E-state index contributed by atoms with van der Waals surface area (Å²) in [5, 5.41) is 0. The van der Waals surface area contributed by atoms with Crippen molar-refractivity contribution in [3.63, 3.8) is 0 Å². The molecule has 3 heteroatoms. The number of Topliss-reactive ketones (excluding diaryl/α,β-unsaturated/α-hetero) is 1. The van der Waals surface area contributed by atoms with Crippen LogP contribution in [0, 0.1) is 11.7 Å². The van der Waals surface area contributed by atoms with Crippen LogP contribution >= 0.6 is 15.9 Å². The Hall–Kier alpha value is -0.700. The first kappa shape index (κ1) is 10.8. The van der Waals surface area contributed by atoms with E-state index >= 15 is 0 Å². The molecule has 0 heterocycles. The Morgan fingerprint density at radius 2 is 2.20 bits per heavy atom. The third-order valence-corrected chi connectivity index (χ3v) is 3.76. The zero-order valence-electron chi connectivity index (χ0n) is 8.30. The monoisotopic (exact) mass is 270 g/mol. The van der Waals surface area contributed by atoms with Crippen LogP contribution < -0.4 is 0 Å². The minimum Gasteiger partial charge on any atom is -0.294 e. The highest BCUT2D eigenvalue weighted by atomic mass is 79.9. The highest BCUT2D eigenvalue weighted by Gasteiger charge is 2.22. The van der Waals surface area contributed by atoms with Gasteiger partial charge in [0.05, 0.1) is 4.47 Å². The van der Waals surface area contributed by atoms with Gasteiger partial charge in [-0.2, -0.15) is 0 Å². The van der Waals surface area contributed by atoms with Crippen molar-refractivity contribution in [2.24, 2.45) is 5.92 Å². The Bertz CT molecular complexity index is 385. The molecule has 0 atom stereocenters. The van der Waals surface area contributed by atoms with E-state index in [2.05, 4.69) is 15.9 Å². The molecule has 1 aromatic rings. The van der Waals surface area contributed by atoms with Crippen LogP contribution in [0.5, 0.6) is 0 Å². The zero-order valence-corrected chi connectivity index (χ0v) is 9.89. The van der Waals surface area contributed by atoms with Gasteiger partial charge in [0.15, 0.2) is 5.78 Å². The van der Waals surface area contributed by atoms with Crippen molar-refractivity contribution in [1.29, 1.82) is 0 Å². The van der Waals surface area contributed by atoms with Gasteiger partial charge in [0, 0.05) is 12.0 Å². The van der Waals surface area contributed by atoms with Crippen LogP contribution in [0.4, 0.5) is 4.39 Å². The second kappa shape index (κ2) is 4.44. The Morgan fingerprint density at radius 1 is 1.47 bits per heavy atom. The first-order valence-corrected chi connectivity index (χ1v) is 5.95. The Kier molecular flexibility index (Phi) is 3.19. The summed E-state index contributed by atoms with van der Waals surface area (Å²) in [6.07, 6.45) is 4.06. The smallest absolute Gasteiger partial charge is 0.164 e. The fourth-order valence-electron chi connectivity index (χ4n) is 1.79. The molecule has 0 amide bonds. The summed E-state index contributed by atoms with van der Waals surface area (Å²) in [6, 6.07) is 4.60. The molecule has 0 bridgehead atoms. The maximum absolute atomic E-state index is 13.2. The summed E-state index contributed by atoms with van der Waals surface area (Å²) < 4.78 is 13.5. The minimum absolute atomic E-state index is 0.0473. The molecule has 0 unspecified atom stereocenters. The fourth-order valence-corrected chi connectivity index (χ4v) is 2.27. The molecule has 80 valence electrons. The summed E-state index contributed by atoms with van der Waals surface area (Å²) in [4.78, 5) is 11.8. The number of hydrogen-bond donors (Lipinski definition) is 0. The van der Waals surface area contributed by atoms with Crippen LogP contribution in [0.3, 0.4) is 0 Å². The lowest BCUT2D eigenvalue weighted by Gasteiger charge is -2.24. The number of benzene rings is 1. The van der Waals surface area contributed by atoms with Crippen LogP contribution in [0.1, 0.15) is 36.0 Å². The highest BCUT2D eigenvalue weighted by Crippen LogP contribution is 2.32. The van der Waals surface area contributed by atoms with E-state index in [0.717, 1.165) is 12.8 Å². The molecule has 0 saturated heterocycles. The van der Waals surface area contributed by atoms with Gasteiger partial charge in [0.25, 0.3) is 0 Å². The van der Waals surface area contributed by atoms with Crippen molar-refractivity contribution in [3.05, 3.63) is 34.1 Å². The lowest BCUT2D eigenvalue weighted by molar-refractivity contribution is 0.0935. The average molecular weight is 271 g/mol. The molecule has 1 aliphatic rings. The predicted octanol–water partition coefficient (Wildman–Crippen LogP) is 3.96. The summed E-state index contributed by atoms with van der Waals surface area (Å²) in [5.74, 6) is 0.202. The van der Waals surface area contributed by atoms with Crippen molar-refractivity contribution < 1.29 is 9.18 Å². The van der Waals surface area contributed by atoms with Gasteiger partial charge in [-0.25, -0.2) is 4.39 Å². The number of ketones is 1. The van der Waals surface area contributed by atoms with E-state index in [-0.39, 0.29) is 11.6 Å². The van der Waals surface area contributed by atoms with E-state index in [0.29, 0.717) is 22.4 Å². The van der Waals surface area contributed by atoms with Crippen LogP contribution in [-0.2, 0) is 0 Å². The first-order valence-electron chi connectivity index (χ1n) is 5.15. The first-order chi connectivity index (χ1) is 7.18. The Labute approximate surface area is 96.8 Å². The maximum Gasteiger partial charge on any atom is 0.164 e. The van der Waals surface area contributed by atoms with E-state index in [1.807, 2.05) is 0 Å². The van der Waals surface area contributed by atoms with Gasteiger partial charge in [-0.3, -0.25) is 4.79 Å². The van der Waals surface area contributed by atoms with Crippen molar-refractivity contribution in [2.75, 3.05) is 0 Å². The van der Waals surface area contributed by atoms with Gasteiger partial charge < -0.3 is 0 Å². The second-order valence-electron chi connectivity index (χ2n) is 4.03. The molecular formula is C12H12BrFO. The molecule has 0 radical (unpaired) electrons. The van der Waals surface area contributed by atoms with E-state index in [1.165, 1.54) is 12.5 Å². The normalized spacial score (nSPS) is 16.1. The largest absolute Gasteiger partial charge is 0.294 e. The fraction of sp³-hybridized carbons (Fsp3) is 0.417. The van der Waals surface area contributed by atoms with Crippen LogP contribution in [-0.4, -0.2) is 5.78 Å². The average Bonchev–Trinajstić information content (AvgIpc) is 2.15. The minimum atomic E-state index is -0.366. The number of hydrogen-bond acceptors (Lipinski definition) is 1. The van der Waals surface area contributed by atoms with Gasteiger partial charge in [0.1, 0.15) is 5.82 Å². The lowest BCUT2D eigenvalue weighted by atomic mass is 9.81. The third-order valence-electron chi connectivity index (χ3n) is 2.95. The van der Waals surface area contributed by atoms with E-state index < -0.39 is 0 Å². The summed E-state index contributed by atoms with van der Waals surface area (Å²) >= 11 is 3.11. The van der Waals surface area contributed by atoms with Gasteiger partial charge in [-0.05, 0) is 27.9 Å². The molecule has 15 heavy (non-hydrogen) atoms. The number of carbonyl (C=O) groups is 1. The SMILES string of the molecule is O=C(CC1CCC1)c1cccc(F)c1Br. The van der Waals surface area contributed by atoms with Gasteiger partial charge >= 0.3 is 0 Å². The molecular weight excluding hydrogens is 259 g/mol. The molecule has 1 nitrogen and oxygen atoms in total. The summed E-state index contributed by atoms with van der Waals surface area (Å²) in [5.41, 5.74) is 0.474. The molecule has 1 fully saturated rings. The molecule has 0 spiro atoms. The highest BCUT2D eigenvalue weighted by molar-refractivity contribution is 9.10. The molecule has 0 aromatic heterocycles. The molecule has 2 rings (SSSR count). The topological polar surface area (TPSA) is 17.1 Å². The molecule has 1 aliphatic carbocycles. The van der Waals surface area contributed by atoms with Crippen LogP contribution in [0.15, 0.2) is 22.7 Å². The van der Waals surface area contributed by atoms with Gasteiger partial charge in [-0.1, -0.05) is 31.4 Å². The van der Waals surface area contributed by atoms with Crippen LogP contribution in [0.25, 0.3) is 0 Å². The van der Waals surface area contributed by atoms with Crippen molar-refractivity contribution in [2.45, 2.75) is 25.7 Å². The van der Waals surface area contributed by atoms with E-state index in [4.69, 9.17) is 0 Å². The second-order valence-corrected chi connectivity index (χ2v) is 4.82. The van der Waals surface area contributed by atoms with E-state index in [9.17, 15) is 9.18 Å². The Balaban J connectivity index is 2.13. The molecule has 1 aromatic carbocycles. The standard InChI is InChI=1S/C12H12BrFO/c13-12-9(5-2-6-10(12)14)11(15)7-8-3-1-4-8/h2,5-6,8H,1,3-4,7H2. The predicted molar refractivity (Wildman–Crippen MR) is 60.4 cm³/mol. The van der Waals surface area contributed by atoms with Crippen LogP contribution in [0.2, 0.25) is 0 Å². The van der Waals surface area contributed by atoms with Gasteiger partial charge in [0.2, 0.25) is 0 Å². The molecule has 0 N–H and O–H groups in total. The van der Waals surface area contributed by atoms with Crippen molar-refractivity contribution >= 4 is 21.7 Å². The van der Waals surface area contributed by atoms with Crippen molar-refractivity contribution in [1.82, 2.24) is 0 Å².